The highest BCUT2D eigenvalue weighted by molar-refractivity contribution is 6.12. The quantitative estimate of drug-likeness (QED) is 0.538. The van der Waals surface area contributed by atoms with Gasteiger partial charge in [0, 0.05) is 25.4 Å². The average Bonchev–Trinajstić information content (AvgIpc) is 2.70. The first-order valence-corrected chi connectivity index (χ1v) is 7.25. The van der Waals surface area contributed by atoms with Crippen LogP contribution in [0.1, 0.15) is 32.6 Å². The Morgan fingerprint density at radius 2 is 1.80 bits per heavy atom. The van der Waals surface area contributed by atoms with E-state index in [2.05, 4.69) is 0 Å². The zero-order chi connectivity index (χ0) is 14.6. The van der Waals surface area contributed by atoms with Crippen molar-refractivity contribution in [3.8, 4) is 0 Å². The number of rotatable bonds is 0. The number of aliphatic hydroxyl groups is 1. The van der Waals surface area contributed by atoms with Crippen molar-refractivity contribution in [1.29, 1.82) is 0 Å². The molecule has 0 aromatic heterocycles. The molecule has 4 heteroatoms. The van der Waals surface area contributed by atoms with E-state index in [4.69, 9.17) is 0 Å². The molecule has 0 aromatic rings. The van der Waals surface area contributed by atoms with Crippen LogP contribution in [0.25, 0.3) is 0 Å². The molecule has 0 aromatic carbocycles. The van der Waals surface area contributed by atoms with Gasteiger partial charge in [0.1, 0.15) is 5.41 Å². The predicted molar refractivity (Wildman–Crippen MR) is 74.9 cm³/mol. The number of carbonyl (C=O) groups is 2. The van der Waals surface area contributed by atoms with E-state index < -0.39 is 16.4 Å². The van der Waals surface area contributed by atoms with E-state index in [0.717, 1.165) is 19.3 Å². The minimum atomic E-state index is -1.13. The summed E-state index contributed by atoms with van der Waals surface area (Å²) in [5.41, 5.74) is -2.35. The standard InChI is InChI=1S/C16H21NO3/c1-14(20)5-3-6-15(14)7-9-16(10-8-15)12(18)4-11-17(2)13(16)19/h7-10,20H,3-6,11H2,1-2H3. The number of Topliss-reactive ketones (excluding diaryl/α,β-unsaturated/α-hetero) is 1. The van der Waals surface area contributed by atoms with E-state index in [9.17, 15) is 14.7 Å². The minimum absolute atomic E-state index is 0.0411. The fourth-order valence-corrected chi connectivity index (χ4v) is 3.77. The second kappa shape index (κ2) is 4.04. The van der Waals surface area contributed by atoms with Gasteiger partial charge in [0.05, 0.1) is 5.60 Å². The number of nitrogens with zero attached hydrogens (tertiary/aromatic N) is 1. The van der Waals surface area contributed by atoms with Gasteiger partial charge in [-0.1, -0.05) is 24.3 Å². The van der Waals surface area contributed by atoms with Crippen molar-refractivity contribution in [3.63, 3.8) is 0 Å². The van der Waals surface area contributed by atoms with Crippen molar-refractivity contribution in [2.75, 3.05) is 13.6 Å². The van der Waals surface area contributed by atoms with Crippen molar-refractivity contribution in [2.45, 2.75) is 38.2 Å². The fraction of sp³-hybridized carbons (Fsp3) is 0.625. The zero-order valence-corrected chi connectivity index (χ0v) is 12.1. The first-order valence-electron chi connectivity index (χ1n) is 7.25. The molecule has 1 aliphatic heterocycles. The van der Waals surface area contributed by atoms with Gasteiger partial charge in [-0.25, -0.2) is 0 Å². The molecule has 1 N–H and O–H groups in total. The second-order valence-electron chi connectivity index (χ2n) is 6.60. The van der Waals surface area contributed by atoms with Gasteiger partial charge in [-0.05, 0) is 26.2 Å². The van der Waals surface area contributed by atoms with Crippen molar-refractivity contribution < 1.29 is 14.7 Å². The molecule has 1 atom stereocenters. The summed E-state index contributed by atoms with van der Waals surface area (Å²) >= 11 is 0. The highest BCUT2D eigenvalue weighted by atomic mass is 16.3. The van der Waals surface area contributed by atoms with Crippen LogP contribution in [0.3, 0.4) is 0 Å². The van der Waals surface area contributed by atoms with Crippen molar-refractivity contribution in [2.24, 2.45) is 10.8 Å². The van der Waals surface area contributed by atoms with Crippen LogP contribution in [0.2, 0.25) is 0 Å². The maximum absolute atomic E-state index is 12.4. The van der Waals surface area contributed by atoms with Crippen LogP contribution in [0.15, 0.2) is 24.3 Å². The van der Waals surface area contributed by atoms with E-state index in [1.807, 2.05) is 19.1 Å². The molecule has 3 rings (SSSR count). The molecule has 108 valence electrons. The Hall–Kier alpha value is -1.42. The summed E-state index contributed by atoms with van der Waals surface area (Å²) in [7, 11) is 1.73. The molecule has 1 saturated carbocycles. The Morgan fingerprint density at radius 1 is 1.15 bits per heavy atom. The third kappa shape index (κ3) is 1.57. The summed E-state index contributed by atoms with van der Waals surface area (Å²) in [5.74, 6) is -0.200. The van der Waals surface area contributed by atoms with Crippen LogP contribution < -0.4 is 0 Å². The lowest BCUT2D eigenvalue weighted by Crippen LogP contribution is -2.52. The summed E-state index contributed by atoms with van der Waals surface area (Å²) < 4.78 is 0. The number of likely N-dealkylation sites (tertiary alicyclic amines) is 1. The highest BCUT2D eigenvalue weighted by Crippen LogP contribution is 2.52. The van der Waals surface area contributed by atoms with Gasteiger partial charge in [-0.2, -0.15) is 0 Å². The molecular formula is C16H21NO3. The van der Waals surface area contributed by atoms with Crippen LogP contribution in [-0.4, -0.2) is 40.9 Å². The predicted octanol–water partition coefficient (Wildman–Crippen LogP) is 1.45. The van der Waals surface area contributed by atoms with Crippen molar-refractivity contribution in [1.82, 2.24) is 4.90 Å². The Bertz CT molecular complexity index is 516. The number of hydrogen-bond acceptors (Lipinski definition) is 3. The topological polar surface area (TPSA) is 57.6 Å². The molecule has 20 heavy (non-hydrogen) atoms. The fourth-order valence-electron chi connectivity index (χ4n) is 3.77. The largest absolute Gasteiger partial charge is 0.389 e. The van der Waals surface area contributed by atoms with Crippen LogP contribution in [-0.2, 0) is 9.59 Å². The van der Waals surface area contributed by atoms with E-state index in [1.54, 1.807) is 24.1 Å². The maximum atomic E-state index is 12.4. The lowest BCUT2D eigenvalue weighted by molar-refractivity contribution is -0.147. The molecule has 1 unspecified atom stereocenters. The Balaban J connectivity index is 1.99. The number of carbonyl (C=O) groups excluding carboxylic acids is 2. The van der Waals surface area contributed by atoms with Crippen LogP contribution >= 0.6 is 0 Å². The van der Waals surface area contributed by atoms with Gasteiger partial charge < -0.3 is 10.0 Å². The number of piperidine rings is 1. The SMILES string of the molecule is CN1CCC(=O)C2(C=CC3(C=C2)CCCC3(C)O)C1=O. The molecule has 4 nitrogen and oxygen atoms in total. The van der Waals surface area contributed by atoms with Crippen LogP contribution in [0, 0.1) is 10.8 Å². The third-order valence-electron chi connectivity index (χ3n) is 5.38. The normalized spacial score (nSPS) is 44.0. The summed E-state index contributed by atoms with van der Waals surface area (Å²) in [6.07, 6.45) is 10.2. The van der Waals surface area contributed by atoms with E-state index in [0.29, 0.717) is 13.0 Å². The van der Waals surface area contributed by atoms with Gasteiger partial charge in [0.25, 0.3) is 0 Å². The smallest absolute Gasteiger partial charge is 0.243 e. The van der Waals surface area contributed by atoms with Gasteiger partial charge >= 0.3 is 0 Å². The molecule has 3 aliphatic rings. The van der Waals surface area contributed by atoms with Crippen molar-refractivity contribution in [3.05, 3.63) is 24.3 Å². The lowest BCUT2D eigenvalue weighted by atomic mass is 9.66. The Morgan fingerprint density at radius 3 is 2.35 bits per heavy atom. The molecule has 2 aliphatic carbocycles. The van der Waals surface area contributed by atoms with E-state index in [1.165, 1.54) is 0 Å². The molecule has 0 bridgehead atoms. The molecule has 1 heterocycles. The van der Waals surface area contributed by atoms with E-state index >= 15 is 0 Å². The maximum Gasteiger partial charge on any atom is 0.243 e. The minimum Gasteiger partial charge on any atom is -0.389 e. The molecule has 1 amide bonds. The molecule has 2 spiro atoms. The van der Waals surface area contributed by atoms with Gasteiger partial charge in [0.2, 0.25) is 5.91 Å². The van der Waals surface area contributed by atoms with Crippen molar-refractivity contribution >= 4 is 11.7 Å². The molecule has 0 radical (unpaired) electrons. The molecule has 1 saturated heterocycles. The van der Waals surface area contributed by atoms with Crippen LogP contribution in [0.4, 0.5) is 0 Å². The molecular weight excluding hydrogens is 254 g/mol. The Kier molecular flexibility index (Phi) is 2.74. The monoisotopic (exact) mass is 275 g/mol. The third-order valence-corrected chi connectivity index (χ3v) is 5.38. The first-order chi connectivity index (χ1) is 9.33. The average molecular weight is 275 g/mol. The van der Waals surface area contributed by atoms with Gasteiger partial charge in [-0.3, -0.25) is 9.59 Å². The van der Waals surface area contributed by atoms with Gasteiger partial charge in [0.15, 0.2) is 5.78 Å². The Labute approximate surface area is 119 Å². The summed E-state index contributed by atoms with van der Waals surface area (Å²) in [5, 5.41) is 10.6. The highest BCUT2D eigenvalue weighted by Gasteiger charge is 2.53. The zero-order valence-electron chi connectivity index (χ0n) is 12.1. The van der Waals surface area contributed by atoms with Crippen LogP contribution in [0.5, 0.6) is 0 Å². The second-order valence-corrected chi connectivity index (χ2v) is 6.60. The first kappa shape index (κ1) is 13.6. The van der Waals surface area contributed by atoms with Gasteiger partial charge in [-0.15, -0.1) is 0 Å². The van der Waals surface area contributed by atoms with E-state index in [-0.39, 0.29) is 11.7 Å². The number of ketones is 1. The summed E-state index contributed by atoms with van der Waals surface area (Å²) in [6.45, 7) is 2.33. The summed E-state index contributed by atoms with van der Waals surface area (Å²) in [4.78, 5) is 26.3. The number of amides is 1. The molecule has 2 fully saturated rings. The number of hydrogen-bond donors (Lipinski definition) is 1. The summed E-state index contributed by atoms with van der Waals surface area (Å²) in [6, 6.07) is 0. The lowest BCUT2D eigenvalue weighted by Gasteiger charge is -2.42.